The minimum Gasteiger partial charge on any atom is -0.338 e. The zero-order chi connectivity index (χ0) is 19.7. The normalized spacial score (nSPS) is 12.9. The van der Waals surface area contributed by atoms with Crippen molar-refractivity contribution in [2.24, 2.45) is 7.05 Å². The van der Waals surface area contributed by atoms with Gasteiger partial charge in [-0.1, -0.05) is 24.3 Å². The minimum atomic E-state index is 0.0471. The maximum Gasteiger partial charge on any atom is 0.228 e. The zero-order valence-electron chi connectivity index (χ0n) is 16.2. The summed E-state index contributed by atoms with van der Waals surface area (Å²) in [7, 11) is 3.81. The fourth-order valence-corrected chi connectivity index (χ4v) is 3.71. The van der Waals surface area contributed by atoms with Crippen LogP contribution < -0.4 is 5.32 Å². The van der Waals surface area contributed by atoms with Crippen LogP contribution in [0, 0.1) is 0 Å². The molecule has 2 aromatic carbocycles. The lowest BCUT2D eigenvalue weighted by Crippen LogP contribution is -2.27. The van der Waals surface area contributed by atoms with Crippen LogP contribution in [-0.4, -0.2) is 33.3 Å². The number of carbonyl (C=O) groups is 2. The summed E-state index contributed by atoms with van der Waals surface area (Å²) in [6.07, 6.45) is 2.55. The fourth-order valence-electron chi connectivity index (χ4n) is 3.71. The Bertz CT molecular complexity index is 1050. The van der Waals surface area contributed by atoms with Gasteiger partial charge in [-0.25, -0.2) is 4.98 Å². The Balaban J connectivity index is 1.32. The van der Waals surface area contributed by atoms with Gasteiger partial charge in [0, 0.05) is 26.2 Å². The van der Waals surface area contributed by atoms with Crippen LogP contribution in [0.1, 0.15) is 29.8 Å². The number of benzene rings is 2. The van der Waals surface area contributed by atoms with E-state index in [1.165, 1.54) is 5.56 Å². The van der Waals surface area contributed by atoms with Gasteiger partial charge in [0.25, 0.3) is 0 Å². The second-order valence-electron chi connectivity index (χ2n) is 7.40. The summed E-state index contributed by atoms with van der Waals surface area (Å²) in [5.74, 6) is 1.05. The lowest BCUT2D eigenvalue weighted by Gasteiger charge is -2.17. The standard InChI is InChI=1S/C22H24N4O2/c1-25(14-20-23-18-7-3-4-8-19(18)26(20)2)22(28)9-5-6-15-10-11-17-16(12-15)13-21(27)24-17/h3-4,7-8,10-12H,5-6,9,13-14H2,1-2H3,(H,24,27). The summed E-state index contributed by atoms with van der Waals surface area (Å²) in [6.45, 7) is 0.497. The monoisotopic (exact) mass is 376 g/mol. The van der Waals surface area contributed by atoms with Crippen molar-refractivity contribution in [1.29, 1.82) is 0 Å². The van der Waals surface area contributed by atoms with E-state index in [-0.39, 0.29) is 11.8 Å². The molecular formula is C22H24N4O2. The average molecular weight is 376 g/mol. The topological polar surface area (TPSA) is 67.2 Å². The van der Waals surface area contributed by atoms with Crippen molar-refractivity contribution < 1.29 is 9.59 Å². The first kappa shape index (κ1) is 18.2. The minimum absolute atomic E-state index is 0.0471. The van der Waals surface area contributed by atoms with Crippen molar-refractivity contribution in [2.75, 3.05) is 12.4 Å². The Kier molecular flexibility index (Phi) is 4.86. The first-order chi connectivity index (χ1) is 13.5. The van der Waals surface area contributed by atoms with Gasteiger partial charge in [-0.05, 0) is 42.2 Å². The second kappa shape index (κ2) is 7.46. The van der Waals surface area contributed by atoms with Crippen molar-refractivity contribution in [1.82, 2.24) is 14.5 Å². The number of carbonyl (C=O) groups excluding carboxylic acids is 2. The number of nitrogens with zero attached hydrogens (tertiary/aromatic N) is 3. The molecule has 6 nitrogen and oxygen atoms in total. The number of hydrogen-bond donors (Lipinski definition) is 1. The van der Waals surface area contributed by atoms with E-state index in [1.807, 2.05) is 55.1 Å². The molecule has 0 fully saturated rings. The second-order valence-corrected chi connectivity index (χ2v) is 7.40. The van der Waals surface area contributed by atoms with E-state index >= 15 is 0 Å². The highest BCUT2D eigenvalue weighted by Crippen LogP contribution is 2.24. The van der Waals surface area contributed by atoms with Crippen LogP contribution in [-0.2, 0) is 36.0 Å². The molecule has 4 rings (SSSR count). The molecule has 3 aromatic rings. The van der Waals surface area contributed by atoms with Crippen molar-refractivity contribution in [3.63, 3.8) is 0 Å². The van der Waals surface area contributed by atoms with Gasteiger partial charge in [-0.2, -0.15) is 0 Å². The van der Waals surface area contributed by atoms with Crippen LogP contribution >= 0.6 is 0 Å². The van der Waals surface area contributed by atoms with Crippen LogP contribution in [0.4, 0.5) is 5.69 Å². The van der Waals surface area contributed by atoms with Gasteiger partial charge in [-0.3, -0.25) is 9.59 Å². The molecule has 1 N–H and O–H groups in total. The Morgan fingerprint density at radius 2 is 2.07 bits per heavy atom. The molecule has 144 valence electrons. The molecule has 2 heterocycles. The lowest BCUT2D eigenvalue weighted by molar-refractivity contribution is -0.130. The molecule has 0 atom stereocenters. The summed E-state index contributed by atoms with van der Waals surface area (Å²) in [4.78, 5) is 30.4. The summed E-state index contributed by atoms with van der Waals surface area (Å²) in [5, 5.41) is 2.84. The number of aryl methyl sites for hydroxylation is 2. The third kappa shape index (κ3) is 3.63. The van der Waals surface area contributed by atoms with Gasteiger partial charge in [0.2, 0.25) is 11.8 Å². The Morgan fingerprint density at radius 1 is 1.25 bits per heavy atom. The van der Waals surface area contributed by atoms with Crippen molar-refractivity contribution >= 4 is 28.5 Å². The number of amides is 2. The molecule has 0 spiro atoms. The van der Waals surface area contributed by atoms with Gasteiger partial charge in [0.1, 0.15) is 5.82 Å². The van der Waals surface area contributed by atoms with Gasteiger partial charge in [0.15, 0.2) is 0 Å². The molecule has 0 radical (unpaired) electrons. The van der Waals surface area contributed by atoms with Crippen molar-refractivity contribution in [3.05, 3.63) is 59.4 Å². The van der Waals surface area contributed by atoms with Crippen LogP contribution in [0.2, 0.25) is 0 Å². The number of nitrogens with one attached hydrogen (secondary N) is 1. The molecular weight excluding hydrogens is 352 g/mol. The van der Waals surface area contributed by atoms with Crippen LogP contribution in [0.5, 0.6) is 0 Å². The number of imidazole rings is 1. The van der Waals surface area contributed by atoms with E-state index in [1.54, 1.807) is 4.90 Å². The van der Waals surface area contributed by atoms with Gasteiger partial charge < -0.3 is 14.8 Å². The number of rotatable bonds is 6. The van der Waals surface area contributed by atoms with Gasteiger partial charge >= 0.3 is 0 Å². The first-order valence-electron chi connectivity index (χ1n) is 9.57. The molecule has 0 bridgehead atoms. The number of fused-ring (bicyclic) bond motifs is 2. The molecule has 1 aromatic heterocycles. The van der Waals surface area contributed by atoms with Gasteiger partial charge in [-0.15, -0.1) is 0 Å². The quantitative estimate of drug-likeness (QED) is 0.719. The molecule has 6 heteroatoms. The Labute approximate surface area is 164 Å². The van der Waals surface area contributed by atoms with Crippen molar-refractivity contribution in [2.45, 2.75) is 32.2 Å². The zero-order valence-corrected chi connectivity index (χ0v) is 16.2. The van der Waals surface area contributed by atoms with Crippen molar-refractivity contribution in [3.8, 4) is 0 Å². The number of aromatic nitrogens is 2. The number of hydrogen-bond acceptors (Lipinski definition) is 3. The van der Waals surface area contributed by atoms with E-state index in [0.717, 1.165) is 41.0 Å². The van der Waals surface area contributed by atoms with E-state index in [9.17, 15) is 9.59 Å². The molecule has 2 amide bonds. The molecule has 0 unspecified atom stereocenters. The summed E-state index contributed by atoms with van der Waals surface area (Å²) >= 11 is 0. The average Bonchev–Trinajstić information content (AvgIpc) is 3.20. The number of para-hydroxylation sites is 2. The summed E-state index contributed by atoms with van der Waals surface area (Å²) < 4.78 is 2.04. The first-order valence-corrected chi connectivity index (χ1v) is 9.57. The third-order valence-electron chi connectivity index (χ3n) is 5.33. The maximum absolute atomic E-state index is 12.5. The van der Waals surface area contributed by atoms with E-state index in [2.05, 4.69) is 16.4 Å². The highest BCUT2D eigenvalue weighted by Gasteiger charge is 2.18. The lowest BCUT2D eigenvalue weighted by atomic mass is 10.0. The molecule has 0 aliphatic carbocycles. The highest BCUT2D eigenvalue weighted by molar-refractivity contribution is 5.99. The van der Waals surface area contributed by atoms with Gasteiger partial charge in [0.05, 0.1) is 24.0 Å². The maximum atomic E-state index is 12.5. The highest BCUT2D eigenvalue weighted by atomic mass is 16.2. The van der Waals surface area contributed by atoms with Crippen LogP contribution in [0.3, 0.4) is 0 Å². The molecule has 0 saturated carbocycles. The Morgan fingerprint density at radius 3 is 2.89 bits per heavy atom. The molecule has 1 aliphatic rings. The molecule has 1 aliphatic heterocycles. The van der Waals surface area contributed by atoms with E-state index in [0.29, 0.717) is 19.4 Å². The SMILES string of the molecule is CN(Cc1nc2ccccc2n1C)C(=O)CCCc1ccc2c(c1)CC(=O)N2. The smallest absolute Gasteiger partial charge is 0.228 e. The van der Waals surface area contributed by atoms with E-state index in [4.69, 9.17) is 0 Å². The van der Waals surface area contributed by atoms with Crippen LogP contribution in [0.25, 0.3) is 11.0 Å². The Hall–Kier alpha value is -3.15. The molecule has 0 saturated heterocycles. The molecule has 28 heavy (non-hydrogen) atoms. The number of anilines is 1. The fraction of sp³-hybridized carbons (Fsp3) is 0.318. The third-order valence-corrected chi connectivity index (χ3v) is 5.33. The predicted molar refractivity (Wildman–Crippen MR) is 109 cm³/mol. The predicted octanol–water partition coefficient (Wildman–Crippen LogP) is 3.05. The summed E-state index contributed by atoms with van der Waals surface area (Å²) in [5.41, 5.74) is 5.15. The van der Waals surface area contributed by atoms with E-state index < -0.39 is 0 Å². The van der Waals surface area contributed by atoms with Crippen LogP contribution in [0.15, 0.2) is 42.5 Å². The summed E-state index contributed by atoms with van der Waals surface area (Å²) in [6, 6.07) is 14.0. The largest absolute Gasteiger partial charge is 0.338 e.